The molecule has 0 saturated carbocycles. The largest absolute Gasteiger partial charge is 0.383 e. The van der Waals surface area contributed by atoms with E-state index in [1.54, 1.807) is 0 Å². The van der Waals surface area contributed by atoms with Gasteiger partial charge in [0.05, 0.1) is 13.2 Å². The van der Waals surface area contributed by atoms with Crippen molar-refractivity contribution in [1.82, 2.24) is 14.9 Å². The van der Waals surface area contributed by atoms with E-state index in [1.807, 2.05) is 6.92 Å². The Morgan fingerprint density at radius 1 is 1.29 bits per heavy atom. The Labute approximate surface area is 127 Å². The summed E-state index contributed by atoms with van der Waals surface area (Å²) in [6.45, 7) is 9.88. The molecule has 21 heavy (non-hydrogen) atoms. The fourth-order valence-corrected chi connectivity index (χ4v) is 2.42. The molecular weight excluding hydrogens is 266 g/mol. The summed E-state index contributed by atoms with van der Waals surface area (Å²) >= 11 is 0. The summed E-state index contributed by atoms with van der Waals surface area (Å²) in [6.07, 6.45) is 2.98. The summed E-state index contributed by atoms with van der Waals surface area (Å²) in [5.74, 6) is 2.30. The molecule has 0 aromatic carbocycles. The van der Waals surface area contributed by atoms with Crippen LogP contribution in [-0.4, -0.2) is 54.3 Å². The fraction of sp³-hybridized carbons (Fsp3) is 0.733. The van der Waals surface area contributed by atoms with Gasteiger partial charge >= 0.3 is 0 Å². The highest BCUT2D eigenvalue weighted by Gasteiger charge is 2.10. The lowest BCUT2D eigenvalue weighted by molar-refractivity contribution is 0.0378. The van der Waals surface area contributed by atoms with Gasteiger partial charge in [0.15, 0.2) is 0 Å². The van der Waals surface area contributed by atoms with E-state index in [9.17, 15) is 0 Å². The van der Waals surface area contributed by atoms with Crippen LogP contribution in [0.25, 0.3) is 0 Å². The topological polar surface area (TPSA) is 76.3 Å². The number of nitrogens with one attached hydrogen (secondary N) is 1. The Morgan fingerprint density at radius 3 is 2.76 bits per heavy atom. The Hall–Kier alpha value is -1.40. The van der Waals surface area contributed by atoms with Crippen molar-refractivity contribution in [3.05, 3.63) is 11.4 Å². The van der Waals surface area contributed by atoms with E-state index in [0.717, 1.165) is 75.9 Å². The van der Waals surface area contributed by atoms with Gasteiger partial charge in [0.25, 0.3) is 0 Å². The summed E-state index contributed by atoms with van der Waals surface area (Å²) in [7, 11) is 0. The number of nitrogens with zero attached hydrogens (tertiary/aromatic N) is 3. The van der Waals surface area contributed by atoms with Crippen molar-refractivity contribution in [3.8, 4) is 0 Å². The van der Waals surface area contributed by atoms with Crippen molar-refractivity contribution in [2.24, 2.45) is 0 Å². The van der Waals surface area contributed by atoms with Crippen molar-refractivity contribution in [2.75, 3.05) is 50.4 Å². The van der Waals surface area contributed by atoms with Crippen LogP contribution in [0.3, 0.4) is 0 Å². The number of ether oxygens (including phenoxy) is 1. The molecule has 3 N–H and O–H groups in total. The van der Waals surface area contributed by atoms with E-state index in [1.165, 1.54) is 0 Å². The summed E-state index contributed by atoms with van der Waals surface area (Å²) < 4.78 is 5.35. The highest BCUT2D eigenvalue weighted by Crippen LogP contribution is 2.17. The first-order valence-corrected chi connectivity index (χ1v) is 7.87. The molecule has 118 valence electrons. The molecule has 0 unspecified atom stereocenters. The van der Waals surface area contributed by atoms with Gasteiger partial charge in [-0.15, -0.1) is 0 Å². The van der Waals surface area contributed by atoms with Crippen LogP contribution in [0, 0.1) is 6.92 Å². The van der Waals surface area contributed by atoms with E-state index in [4.69, 9.17) is 10.5 Å². The minimum Gasteiger partial charge on any atom is -0.383 e. The van der Waals surface area contributed by atoms with Crippen LogP contribution in [0.5, 0.6) is 0 Å². The molecule has 0 radical (unpaired) electrons. The second-order valence-electron chi connectivity index (χ2n) is 5.48. The van der Waals surface area contributed by atoms with E-state index < -0.39 is 0 Å². The molecule has 0 aliphatic carbocycles. The van der Waals surface area contributed by atoms with Crippen LogP contribution in [0.2, 0.25) is 0 Å². The number of hydrogen-bond acceptors (Lipinski definition) is 6. The Bertz CT molecular complexity index is 446. The molecular formula is C15H27N5O. The molecule has 6 heteroatoms. The molecule has 1 saturated heterocycles. The molecule has 1 aromatic heterocycles. The van der Waals surface area contributed by atoms with Crippen molar-refractivity contribution < 1.29 is 4.74 Å². The third-order valence-electron chi connectivity index (χ3n) is 3.75. The van der Waals surface area contributed by atoms with Crippen molar-refractivity contribution in [3.63, 3.8) is 0 Å². The highest BCUT2D eigenvalue weighted by molar-refractivity contribution is 5.54. The predicted octanol–water partition coefficient (Wildman–Crippen LogP) is 1.45. The Morgan fingerprint density at radius 2 is 2.05 bits per heavy atom. The first-order valence-electron chi connectivity index (χ1n) is 7.87. The fourth-order valence-electron chi connectivity index (χ4n) is 2.42. The maximum absolute atomic E-state index is 5.96. The second-order valence-corrected chi connectivity index (χ2v) is 5.48. The predicted molar refractivity (Wildman–Crippen MR) is 85.5 cm³/mol. The van der Waals surface area contributed by atoms with Crippen molar-refractivity contribution >= 4 is 11.6 Å². The lowest BCUT2D eigenvalue weighted by Gasteiger charge is -2.26. The van der Waals surface area contributed by atoms with E-state index in [0.29, 0.717) is 5.82 Å². The van der Waals surface area contributed by atoms with Gasteiger partial charge in [0.2, 0.25) is 0 Å². The zero-order valence-electron chi connectivity index (χ0n) is 13.2. The number of morpholine rings is 1. The number of aromatic nitrogens is 2. The highest BCUT2D eigenvalue weighted by atomic mass is 16.5. The Kier molecular flexibility index (Phi) is 6.20. The van der Waals surface area contributed by atoms with Gasteiger partial charge in [-0.3, -0.25) is 4.90 Å². The minimum absolute atomic E-state index is 0.587. The third kappa shape index (κ3) is 4.82. The van der Waals surface area contributed by atoms with Crippen LogP contribution >= 0.6 is 0 Å². The SMILES string of the molecule is CCCc1nc(N)c(C)c(NCCCN2CCOCC2)n1. The zero-order valence-corrected chi connectivity index (χ0v) is 13.2. The molecule has 1 fully saturated rings. The maximum atomic E-state index is 5.96. The van der Waals surface area contributed by atoms with Gasteiger partial charge in [0.1, 0.15) is 17.5 Å². The van der Waals surface area contributed by atoms with Crippen LogP contribution in [0.15, 0.2) is 0 Å². The molecule has 2 rings (SSSR count). The molecule has 2 heterocycles. The average molecular weight is 293 g/mol. The van der Waals surface area contributed by atoms with Gasteiger partial charge in [-0.05, 0) is 26.3 Å². The van der Waals surface area contributed by atoms with E-state index in [2.05, 4.69) is 27.1 Å². The molecule has 0 atom stereocenters. The van der Waals surface area contributed by atoms with Gasteiger partial charge < -0.3 is 15.8 Å². The maximum Gasteiger partial charge on any atom is 0.134 e. The molecule has 1 aromatic rings. The molecule has 1 aliphatic rings. The minimum atomic E-state index is 0.587. The molecule has 0 bridgehead atoms. The first-order chi connectivity index (χ1) is 10.2. The summed E-state index contributed by atoms with van der Waals surface area (Å²) in [6, 6.07) is 0. The number of anilines is 2. The number of rotatable bonds is 7. The third-order valence-corrected chi connectivity index (χ3v) is 3.75. The quantitative estimate of drug-likeness (QED) is 0.741. The second kappa shape index (κ2) is 8.14. The zero-order chi connectivity index (χ0) is 15.1. The smallest absolute Gasteiger partial charge is 0.134 e. The average Bonchev–Trinajstić information content (AvgIpc) is 2.49. The summed E-state index contributed by atoms with van der Waals surface area (Å²) in [5.41, 5.74) is 6.91. The monoisotopic (exact) mass is 293 g/mol. The number of aryl methyl sites for hydroxylation is 1. The van der Waals surface area contributed by atoms with Crippen LogP contribution in [0.4, 0.5) is 11.6 Å². The number of hydrogen-bond donors (Lipinski definition) is 2. The van der Waals surface area contributed by atoms with Crippen molar-refractivity contribution in [2.45, 2.75) is 33.1 Å². The standard InChI is InChI=1S/C15H27N5O/c1-3-5-13-18-14(16)12(2)15(19-13)17-6-4-7-20-8-10-21-11-9-20/h3-11H2,1-2H3,(H3,16,17,18,19). The van der Waals surface area contributed by atoms with Gasteiger partial charge in [-0.1, -0.05) is 6.92 Å². The summed E-state index contributed by atoms with van der Waals surface area (Å²) in [4.78, 5) is 11.3. The first kappa shape index (κ1) is 16.0. The summed E-state index contributed by atoms with van der Waals surface area (Å²) in [5, 5.41) is 3.40. The molecule has 0 spiro atoms. The lowest BCUT2D eigenvalue weighted by atomic mass is 10.2. The van der Waals surface area contributed by atoms with Gasteiger partial charge in [-0.25, -0.2) is 9.97 Å². The number of nitrogen functional groups attached to an aromatic ring is 1. The molecule has 1 aliphatic heterocycles. The van der Waals surface area contributed by atoms with Crippen LogP contribution in [0.1, 0.15) is 31.2 Å². The van der Waals surface area contributed by atoms with Crippen LogP contribution in [-0.2, 0) is 11.2 Å². The number of nitrogens with two attached hydrogens (primary N) is 1. The molecule has 0 amide bonds. The van der Waals surface area contributed by atoms with Gasteiger partial charge in [0, 0.05) is 31.6 Å². The van der Waals surface area contributed by atoms with E-state index >= 15 is 0 Å². The Balaban J connectivity index is 1.81. The normalized spacial score (nSPS) is 16.1. The van der Waals surface area contributed by atoms with Crippen LogP contribution < -0.4 is 11.1 Å². The lowest BCUT2D eigenvalue weighted by Crippen LogP contribution is -2.37. The molecule has 6 nitrogen and oxygen atoms in total. The van der Waals surface area contributed by atoms with Gasteiger partial charge in [-0.2, -0.15) is 0 Å². The van der Waals surface area contributed by atoms with E-state index in [-0.39, 0.29) is 0 Å². The van der Waals surface area contributed by atoms with Crippen molar-refractivity contribution in [1.29, 1.82) is 0 Å².